The van der Waals surface area contributed by atoms with E-state index in [9.17, 15) is 0 Å². The van der Waals surface area contributed by atoms with Gasteiger partial charge in [-0.15, -0.1) is 0 Å². The summed E-state index contributed by atoms with van der Waals surface area (Å²) in [6.07, 6.45) is 5.98. The van der Waals surface area contributed by atoms with E-state index in [1.165, 1.54) is 11.9 Å². The summed E-state index contributed by atoms with van der Waals surface area (Å²) < 4.78 is 10.4. The summed E-state index contributed by atoms with van der Waals surface area (Å²) in [5.74, 6) is 1.07. The third kappa shape index (κ3) is 3.64. The average molecular weight is 274 g/mol. The van der Waals surface area contributed by atoms with Crippen LogP contribution in [0.15, 0.2) is 30.9 Å². The van der Waals surface area contributed by atoms with Crippen molar-refractivity contribution in [3.05, 3.63) is 42.0 Å². The fraction of sp³-hybridized carbons (Fsp3) is 0.357. The van der Waals surface area contributed by atoms with Crippen molar-refractivity contribution in [2.75, 3.05) is 20.8 Å². The maximum absolute atomic E-state index is 5.22. The molecule has 0 aliphatic rings. The van der Waals surface area contributed by atoms with Crippen molar-refractivity contribution in [1.29, 1.82) is 0 Å². The number of hydrogen-bond acceptors (Lipinski definition) is 6. The van der Waals surface area contributed by atoms with Gasteiger partial charge in [0.15, 0.2) is 0 Å². The maximum Gasteiger partial charge on any atom is 0.224 e. The van der Waals surface area contributed by atoms with Gasteiger partial charge in [0.2, 0.25) is 11.8 Å². The minimum absolute atomic E-state index is 0.533. The van der Waals surface area contributed by atoms with E-state index < -0.39 is 0 Å². The minimum Gasteiger partial charge on any atom is -0.481 e. The highest BCUT2D eigenvalue weighted by Gasteiger charge is 2.11. The second-order valence-electron chi connectivity index (χ2n) is 4.16. The Balaban J connectivity index is 1.90. The Morgan fingerprint density at radius 1 is 1.15 bits per heavy atom. The van der Waals surface area contributed by atoms with Gasteiger partial charge in [0.05, 0.1) is 19.8 Å². The lowest BCUT2D eigenvalue weighted by molar-refractivity contribution is 0.359. The van der Waals surface area contributed by atoms with Gasteiger partial charge < -0.3 is 14.8 Å². The molecule has 0 saturated carbocycles. The summed E-state index contributed by atoms with van der Waals surface area (Å²) in [5, 5.41) is 3.33. The number of hydrogen-bond donors (Lipinski definition) is 1. The molecule has 0 aromatic carbocycles. The smallest absolute Gasteiger partial charge is 0.224 e. The summed E-state index contributed by atoms with van der Waals surface area (Å²) in [5.41, 5.74) is 2.02. The van der Waals surface area contributed by atoms with Gasteiger partial charge in [0.25, 0.3) is 0 Å². The number of aromatic nitrogens is 3. The zero-order valence-electron chi connectivity index (χ0n) is 11.7. The maximum atomic E-state index is 5.22. The van der Waals surface area contributed by atoms with Crippen LogP contribution in [0.3, 0.4) is 0 Å². The Labute approximate surface area is 118 Å². The first-order valence-corrected chi connectivity index (χ1v) is 6.36. The molecular formula is C14H18N4O2. The van der Waals surface area contributed by atoms with E-state index in [1.54, 1.807) is 20.4 Å². The van der Waals surface area contributed by atoms with E-state index in [1.807, 2.05) is 12.3 Å². The van der Waals surface area contributed by atoms with E-state index >= 15 is 0 Å². The summed E-state index contributed by atoms with van der Waals surface area (Å²) in [6, 6.07) is 3.99. The van der Waals surface area contributed by atoms with Crippen molar-refractivity contribution >= 4 is 0 Å². The molecule has 0 amide bonds. The minimum atomic E-state index is 0.533. The van der Waals surface area contributed by atoms with Crippen LogP contribution in [0, 0.1) is 0 Å². The molecule has 0 radical (unpaired) electrons. The van der Waals surface area contributed by atoms with Gasteiger partial charge in [-0.3, -0.25) is 4.98 Å². The van der Waals surface area contributed by atoms with E-state index in [2.05, 4.69) is 26.3 Å². The molecule has 2 aromatic rings. The van der Waals surface area contributed by atoms with Crippen molar-refractivity contribution in [2.24, 2.45) is 0 Å². The molecule has 0 fully saturated rings. The van der Waals surface area contributed by atoms with Gasteiger partial charge >= 0.3 is 0 Å². The summed E-state index contributed by atoms with van der Waals surface area (Å²) in [7, 11) is 3.17. The number of nitrogens with zero attached hydrogens (tertiary/aromatic N) is 3. The van der Waals surface area contributed by atoms with Gasteiger partial charge in [0.1, 0.15) is 6.33 Å². The predicted octanol–water partition coefficient (Wildman–Crippen LogP) is 1.22. The molecule has 0 unspecified atom stereocenters. The fourth-order valence-corrected chi connectivity index (χ4v) is 1.88. The molecule has 0 atom stereocenters. The molecule has 0 bridgehead atoms. The second kappa shape index (κ2) is 7.40. The van der Waals surface area contributed by atoms with Crippen molar-refractivity contribution in [3.63, 3.8) is 0 Å². The lowest BCUT2D eigenvalue weighted by Crippen LogP contribution is -2.18. The van der Waals surface area contributed by atoms with Crippen LogP contribution in [0.4, 0.5) is 0 Å². The molecular weight excluding hydrogens is 256 g/mol. The summed E-state index contributed by atoms with van der Waals surface area (Å²) >= 11 is 0. The summed E-state index contributed by atoms with van der Waals surface area (Å²) in [4.78, 5) is 12.2. The van der Waals surface area contributed by atoms with E-state index in [0.29, 0.717) is 18.3 Å². The van der Waals surface area contributed by atoms with Crippen molar-refractivity contribution in [1.82, 2.24) is 20.3 Å². The van der Waals surface area contributed by atoms with Gasteiger partial charge in [-0.25, -0.2) is 9.97 Å². The molecule has 20 heavy (non-hydrogen) atoms. The predicted molar refractivity (Wildman–Crippen MR) is 74.8 cm³/mol. The first-order valence-electron chi connectivity index (χ1n) is 6.36. The molecule has 2 rings (SSSR count). The highest BCUT2D eigenvalue weighted by molar-refractivity contribution is 5.34. The van der Waals surface area contributed by atoms with Crippen LogP contribution >= 0.6 is 0 Å². The fourth-order valence-electron chi connectivity index (χ4n) is 1.88. The van der Waals surface area contributed by atoms with Crippen LogP contribution in [0.25, 0.3) is 0 Å². The lowest BCUT2D eigenvalue weighted by atomic mass is 10.2. The normalized spacial score (nSPS) is 10.3. The Bertz CT molecular complexity index is 512. The molecule has 6 nitrogen and oxygen atoms in total. The Morgan fingerprint density at radius 2 is 1.90 bits per heavy atom. The zero-order valence-corrected chi connectivity index (χ0v) is 11.7. The van der Waals surface area contributed by atoms with Gasteiger partial charge in [-0.2, -0.15) is 0 Å². The topological polar surface area (TPSA) is 69.2 Å². The third-order valence-electron chi connectivity index (χ3n) is 2.87. The second-order valence-corrected chi connectivity index (χ2v) is 4.16. The number of nitrogens with one attached hydrogen (secondary N) is 1. The quantitative estimate of drug-likeness (QED) is 0.766. The van der Waals surface area contributed by atoms with E-state index in [-0.39, 0.29) is 0 Å². The first kappa shape index (κ1) is 14.2. The van der Waals surface area contributed by atoms with Crippen LogP contribution in [-0.2, 0) is 13.0 Å². The van der Waals surface area contributed by atoms with Crippen molar-refractivity contribution in [3.8, 4) is 11.8 Å². The molecule has 106 valence electrons. The first-order chi connectivity index (χ1) is 9.85. The average Bonchev–Trinajstić information content (AvgIpc) is 2.52. The standard InChI is InChI=1S/C14H18N4O2/c1-19-13-12(14(20-2)18-10-17-13)9-16-7-5-11-4-3-6-15-8-11/h3-4,6,8,10,16H,5,7,9H2,1-2H3. The molecule has 0 aliphatic heterocycles. The molecule has 0 saturated heterocycles. The number of methoxy groups -OCH3 is 2. The zero-order chi connectivity index (χ0) is 14.2. The SMILES string of the molecule is COc1ncnc(OC)c1CNCCc1cccnc1. The Morgan fingerprint density at radius 3 is 2.50 bits per heavy atom. The Kier molecular flexibility index (Phi) is 5.25. The largest absolute Gasteiger partial charge is 0.481 e. The van der Waals surface area contributed by atoms with Crippen molar-refractivity contribution in [2.45, 2.75) is 13.0 Å². The molecule has 2 aromatic heterocycles. The van der Waals surface area contributed by atoms with E-state index in [4.69, 9.17) is 9.47 Å². The molecule has 0 spiro atoms. The van der Waals surface area contributed by atoms with Gasteiger partial charge in [0, 0.05) is 18.9 Å². The molecule has 0 aliphatic carbocycles. The molecule has 6 heteroatoms. The lowest BCUT2D eigenvalue weighted by Gasteiger charge is -2.11. The number of pyridine rings is 1. The van der Waals surface area contributed by atoms with Crippen LogP contribution in [-0.4, -0.2) is 35.7 Å². The number of rotatable bonds is 7. The summed E-state index contributed by atoms with van der Waals surface area (Å²) in [6.45, 7) is 1.42. The van der Waals surface area contributed by atoms with Crippen LogP contribution in [0.2, 0.25) is 0 Å². The van der Waals surface area contributed by atoms with Crippen LogP contribution < -0.4 is 14.8 Å². The Hall–Kier alpha value is -2.21. The van der Waals surface area contributed by atoms with Gasteiger partial charge in [-0.1, -0.05) is 6.07 Å². The highest BCUT2D eigenvalue weighted by Crippen LogP contribution is 2.22. The van der Waals surface area contributed by atoms with Crippen LogP contribution in [0.1, 0.15) is 11.1 Å². The number of ether oxygens (including phenoxy) is 2. The monoisotopic (exact) mass is 274 g/mol. The van der Waals surface area contributed by atoms with Gasteiger partial charge in [-0.05, 0) is 24.6 Å². The van der Waals surface area contributed by atoms with Crippen molar-refractivity contribution < 1.29 is 9.47 Å². The molecule has 1 N–H and O–H groups in total. The van der Waals surface area contributed by atoms with Crippen LogP contribution in [0.5, 0.6) is 11.8 Å². The highest BCUT2D eigenvalue weighted by atomic mass is 16.5. The van der Waals surface area contributed by atoms with E-state index in [0.717, 1.165) is 18.5 Å². The molecule has 2 heterocycles. The third-order valence-corrected chi connectivity index (χ3v) is 2.87.